The average molecular weight is 272 g/mol. The molecule has 0 unspecified atom stereocenters. The maximum Gasteiger partial charge on any atom is 0.261 e. The summed E-state index contributed by atoms with van der Waals surface area (Å²) in [5.74, 6) is -1.06. The molecule has 20 heavy (non-hydrogen) atoms. The van der Waals surface area contributed by atoms with Gasteiger partial charge in [0.2, 0.25) is 0 Å². The average Bonchev–Trinajstić information content (AvgIpc) is 2.47. The maximum atomic E-state index is 13.7. The molecular formula is C15H13FN2O2. The summed E-state index contributed by atoms with van der Waals surface area (Å²) < 4.78 is 13.7. The number of phenolic OH excluding ortho intramolecular Hbond substituents is 1. The highest BCUT2D eigenvalue weighted by Gasteiger charge is 2.27. The summed E-state index contributed by atoms with van der Waals surface area (Å²) >= 11 is 0. The van der Waals surface area contributed by atoms with Gasteiger partial charge in [0.05, 0.1) is 17.4 Å². The summed E-state index contributed by atoms with van der Waals surface area (Å²) in [6.07, 6.45) is 3.98. The highest BCUT2D eigenvalue weighted by Crippen LogP contribution is 2.36. The molecule has 1 N–H and O–H groups in total. The van der Waals surface area contributed by atoms with Gasteiger partial charge in [-0.15, -0.1) is 0 Å². The maximum absolute atomic E-state index is 13.7. The number of para-hydroxylation sites is 1. The summed E-state index contributed by atoms with van der Waals surface area (Å²) in [6, 6.07) is 6.51. The van der Waals surface area contributed by atoms with Crippen molar-refractivity contribution >= 4 is 11.6 Å². The first-order chi connectivity index (χ1) is 9.68. The summed E-state index contributed by atoms with van der Waals surface area (Å²) in [7, 11) is 0. The molecule has 0 atom stereocenters. The third kappa shape index (κ3) is 2.01. The van der Waals surface area contributed by atoms with Gasteiger partial charge in [0.25, 0.3) is 5.91 Å². The first-order valence-electron chi connectivity index (χ1n) is 6.40. The molecule has 1 aliphatic rings. The van der Waals surface area contributed by atoms with E-state index in [0.29, 0.717) is 12.2 Å². The van der Waals surface area contributed by atoms with Gasteiger partial charge in [-0.3, -0.25) is 9.78 Å². The third-order valence-corrected chi connectivity index (χ3v) is 3.44. The van der Waals surface area contributed by atoms with Crippen LogP contribution in [0.25, 0.3) is 0 Å². The van der Waals surface area contributed by atoms with Crippen LogP contribution in [0.3, 0.4) is 0 Å². The van der Waals surface area contributed by atoms with Crippen LogP contribution in [0.1, 0.15) is 22.3 Å². The number of hydrogen-bond donors (Lipinski definition) is 1. The zero-order chi connectivity index (χ0) is 14.1. The Balaban J connectivity index is 2.05. The normalized spacial score (nSPS) is 13.9. The Labute approximate surface area is 115 Å². The lowest BCUT2D eigenvalue weighted by atomic mass is 10.00. The predicted molar refractivity (Wildman–Crippen MR) is 72.3 cm³/mol. The second kappa shape index (κ2) is 4.92. The van der Waals surface area contributed by atoms with E-state index in [1.54, 1.807) is 6.07 Å². The fourth-order valence-corrected chi connectivity index (χ4v) is 2.53. The van der Waals surface area contributed by atoms with Crippen LogP contribution in [-0.4, -0.2) is 22.5 Å². The van der Waals surface area contributed by atoms with Gasteiger partial charge < -0.3 is 10.0 Å². The number of aromatic nitrogens is 1. The molecule has 1 aromatic heterocycles. The number of carbonyl (C=O) groups is 1. The number of rotatable bonds is 1. The van der Waals surface area contributed by atoms with Gasteiger partial charge in [0, 0.05) is 12.7 Å². The van der Waals surface area contributed by atoms with Crippen LogP contribution in [0.2, 0.25) is 0 Å². The highest BCUT2D eigenvalue weighted by atomic mass is 19.1. The van der Waals surface area contributed by atoms with E-state index in [4.69, 9.17) is 0 Å². The van der Waals surface area contributed by atoms with E-state index in [0.717, 1.165) is 24.6 Å². The van der Waals surface area contributed by atoms with Crippen molar-refractivity contribution < 1.29 is 14.3 Å². The number of aryl methyl sites for hydroxylation is 1. The van der Waals surface area contributed by atoms with Gasteiger partial charge >= 0.3 is 0 Å². The Morgan fingerprint density at radius 1 is 1.35 bits per heavy atom. The lowest BCUT2D eigenvalue weighted by molar-refractivity contribution is 0.0980. The first-order valence-corrected chi connectivity index (χ1v) is 6.40. The molecule has 2 heterocycles. The molecule has 0 aliphatic carbocycles. The third-order valence-electron chi connectivity index (χ3n) is 3.44. The predicted octanol–water partition coefficient (Wildman–Crippen LogP) is 2.52. The van der Waals surface area contributed by atoms with Gasteiger partial charge in [0.15, 0.2) is 5.82 Å². The number of carbonyl (C=O) groups excluding carboxylic acids is 1. The number of benzene rings is 1. The Hall–Kier alpha value is -2.43. The van der Waals surface area contributed by atoms with Crippen LogP contribution >= 0.6 is 0 Å². The molecule has 1 aliphatic heterocycles. The molecule has 0 fully saturated rings. The number of fused-ring (bicyclic) bond motifs is 1. The lowest BCUT2D eigenvalue weighted by Crippen LogP contribution is -2.36. The van der Waals surface area contributed by atoms with E-state index in [1.165, 1.54) is 23.2 Å². The highest BCUT2D eigenvalue weighted by molar-refractivity contribution is 6.07. The molecule has 0 bridgehead atoms. The molecule has 2 aromatic rings. The quantitative estimate of drug-likeness (QED) is 0.867. The minimum Gasteiger partial charge on any atom is -0.506 e. The van der Waals surface area contributed by atoms with Crippen molar-refractivity contribution in [2.24, 2.45) is 0 Å². The van der Waals surface area contributed by atoms with Crippen LogP contribution in [-0.2, 0) is 6.42 Å². The van der Waals surface area contributed by atoms with Crippen molar-refractivity contribution in [2.45, 2.75) is 12.8 Å². The van der Waals surface area contributed by atoms with Crippen molar-refractivity contribution in [3.63, 3.8) is 0 Å². The Morgan fingerprint density at radius 2 is 2.20 bits per heavy atom. The van der Waals surface area contributed by atoms with Crippen LogP contribution in [0.15, 0.2) is 36.7 Å². The van der Waals surface area contributed by atoms with E-state index < -0.39 is 11.7 Å². The first kappa shape index (κ1) is 12.6. The molecule has 102 valence electrons. The van der Waals surface area contributed by atoms with Gasteiger partial charge in [-0.25, -0.2) is 4.39 Å². The molecule has 0 spiro atoms. The zero-order valence-electron chi connectivity index (χ0n) is 10.7. The van der Waals surface area contributed by atoms with E-state index in [-0.39, 0.29) is 11.3 Å². The minimum atomic E-state index is -0.653. The summed E-state index contributed by atoms with van der Waals surface area (Å²) in [5.41, 5.74) is 1.36. The number of anilines is 1. The van der Waals surface area contributed by atoms with Crippen molar-refractivity contribution in [1.82, 2.24) is 4.98 Å². The zero-order valence-corrected chi connectivity index (χ0v) is 10.7. The second-order valence-electron chi connectivity index (χ2n) is 4.70. The Kier molecular flexibility index (Phi) is 3.10. The standard InChI is InChI=1S/C15H13FN2O2/c16-12-9-17-7-6-11(12)15(20)18-8-2-4-10-3-1-5-13(19)14(10)18/h1,3,5-7,9,19H,2,4,8H2. The van der Waals surface area contributed by atoms with E-state index in [2.05, 4.69) is 4.98 Å². The summed E-state index contributed by atoms with van der Waals surface area (Å²) in [4.78, 5) is 17.6. The fourth-order valence-electron chi connectivity index (χ4n) is 2.53. The van der Waals surface area contributed by atoms with Crippen molar-refractivity contribution in [1.29, 1.82) is 0 Å². The van der Waals surface area contributed by atoms with Gasteiger partial charge in [-0.05, 0) is 30.5 Å². The molecule has 1 amide bonds. The number of halogens is 1. The molecule has 5 heteroatoms. The molecule has 3 rings (SSSR count). The fraction of sp³-hybridized carbons (Fsp3) is 0.200. The number of hydrogen-bond acceptors (Lipinski definition) is 3. The second-order valence-corrected chi connectivity index (χ2v) is 4.70. The van der Waals surface area contributed by atoms with Crippen LogP contribution in [0.4, 0.5) is 10.1 Å². The molecule has 1 aromatic carbocycles. The van der Waals surface area contributed by atoms with Gasteiger partial charge in [0.1, 0.15) is 5.75 Å². The number of phenols is 1. The number of nitrogens with zero attached hydrogens (tertiary/aromatic N) is 2. The molecular weight excluding hydrogens is 259 g/mol. The Morgan fingerprint density at radius 3 is 3.00 bits per heavy atom. The molecule has 0 saturated heterocycles. The van der Waals surface area contributed by atoms with E-state index in [1.807, 2.05) is 6.07 Å². The number of pyridine rings is 1. The number of amides is 1. The Bertz CT molecular complexity index is 673. The molecule has 0 radical (unpaired) electrons. The van der Waals surface area contributed by atoms with E-state index >= 15 is 0 Å². The molecule has 0 saturated carbocycles. The monoisotopic (exact) mass is 272 g/mol. The van der Waals surface area contributed by atoms with Crippen molar-refractivity contribution in [3.8, 4) is 5.75 Å². The SMILES string of the molecule is O=C(c1ccncc1F)N1CCCc2cccc(O)c21. The van der Waals surface area contributed by atoms with Crippen molar-refractivity contribution in [2.75, 3.05) is 11.4 Å². The van der Waals surface area contributed by atoms with Crippen LogP contribution < -0.4 is 4.90 Å². The molecule has 4 nitrogen and oxygen atoms in total. The lowest BCUT2D eigenvalue weighted by Gasteiger charge is -2.30. The minimum absolute atomic E-state index is 0.0314. The van der Waals surface area contributed by atoms with Crippen LogP contribution in [0.5, 0.6) is 5.75 Å². The van der Waals surface area contributed by atoms with Crippen LogP contribution in [0, 0.1) is 5.82 Å². The van der Waals surface area contributed by atoms with Gasteiger partial charge in [-0.2, -0.15) is 0 Å². The summed E-state index contributed by atoms with van der Waals surface area (Å²) in [5, 5.41) is 9.99. The van der Waals surface area contributed by atoms with Gasteiger partial charge in [-0.1, -0.05) is 12.1 Å². The smallest absolute Gasteiger partial charge is 0.261 e. The topological polar surface area (TPSA) is 53.4 Å². The largest absolute Gasteiger partial charge is 0.506 e. The van der Waals surface area contributed by atoms with E-state index in [9.17, 15) is 14.3 Å². The summed E-state index contributed by atoms with van der Waals surface area (Å²) in [6.45, 7) is 0.463. The van der Waals surface area contributed by atoms with Crippen molar-refractivity contribution in [3.05, 3.63) is 53.6 Å². The number of aromatic hydroxyl groups is 1.